The van der Waals surface area contributed by atoms with E-state index < -0.39 is 61.9 Å². The van der Waals surface area contributed by atoms with Crippen LogP contribution in [-0.2, 0) is 45.0 Å². The van der Waals surface area contributed by atoms with Crippen LogP contribution in [0.25, 0.3) is 11.2 Å². The molecule has 5 unspecified atom stereocenters. The average Bonchev–Trinajstić information content (AvgIpc) is 3.40. The molecule has 26 heteroatoms. The van der Waals surface area contributed by atoms with E-state index in [1.54, 1.807) is 0 Å². The van der Waals surface area contributed by atoms with Crippen LogP contribution in [0.1, 0.15) is 38.3 Å². The predicted molar refractivity (Wildman–Crippen MR) is 139 cm³/mol. The molecule has 1 fully saturated rings. The van der Waals surface area contributed by atoms with Gasteiger partial charge in [0.2, 0.25) is 5.95 Å². The molecule has 0 aliphatic carbocycles. The summed E-state index contributed by atoms with van der Waals surface area (Å²) >= 11 is 0. The molecule has 1 saturated heterocycles. The first-order valence-corrected chi connectivity index (χ1v) is 17.9. The van der Waals surface area contributed by atoms with Crippen molar-refractivity contribution in [1.82, 2.24) is 19.5 Å². The SMILES string of the molecule is NCCCCCCOP(=O)(O)OP(=O)(O)OP(=O)(O)OP(=O)(O)OC[C@H]1O[C@@H](n2cnc3c(=O)[nH]c(N)nc32)CC1O. The van der Waals surface area contributed by atoms with E-state index in [0.29, 0.717) is 25.8 Å². The smallest absolute Gasteiger partial charge is 0.390 e. The molecule has 240 valence electrons. The Balaban J connectivity index is 1.53. The minimum absolute atomic E-state index is 0.0144. The summed E-state index contributed by atoms with van der Waals surface area (Å²) in [6.45, 7) is -0.866. The summed E-state index contributed by atoms with van der Waals surface area (Å²) in [5.41, 5.74) is 10.2. The molecule has 2 aromatic heterocycles. The van der Waals surface area contributed by atoms with E-state index in [1.165, 1.54) is 10.9 Å². The Labute approximate surface area is 236 Å². The third kappa shape index (κ3) is 10.3. The minimum atomic E-state index is -5.98. The third-order valence-corrected chi connectivity index (χ3v) is 11.3. The van der Waals surface area contributed by atoms with Crippen molar-refractivity contribution < 1.29 is 69.7 Å². The second-order valence-electron chi connectivity index (χ2n) is 8.66. The van der Waals surface area contributed by atoms with E-state index >= 15 is 0 Å². The number of ether oxygens (including phenoxy) is 1. The zero-order chi connectivity index (χ0) is 31.3. The number of aliphatic hydroxyl groups is 1. The van der Waals surface area contributed by atoms with Crippen LogP contribution in [0.5, 0.6) is 0 Å². The molecular formula is C16H30N6O16P4. The highest BCUT2D eigenvalue weighted by Crippen LogP contribution is 2.71. The van der Waals surface area contributed by atoms with Crippen LogP contribution in [0.4, 0.5) is 5.95 Å². The lowest BCUT2D eigenvalue weighted by Crippen LogP contribution is -2.26. The van der Waals surface area contributed by atoms with Crippen molar-refractivity contribution in [3.63, 3.8) is 0 Å². The molecular weight excluding hydrogens is 656 g/mol. The second kappa shape index (κ2) is 14.1. The average molecular weight is 686 g/mol. The van der Waals surface area contributed by atoms with Gasteiger partial charge in [-0.1, -0.05) is 12.8 Å². The Hall–Kier alpha value is -1.41. The molecule has 2 aromatic rings. The number of nitrogen functional groups attached to an aromatic ring is 1. The van der Waals surface area contributed by atoms with Crippen molar-refractivity contribution in [2.45, 2.75) is 50.5 Å². The number of fused-ring (bicyclic) bond motifs is 1. The molecule has 0 radical (unpaired) electrons. The molecule has 10 N–H and O–H groups in total. The number of nitrogens with one attached hydrogen (secondary N) is 1. The summed E-state index contributed by atoms with van der Waals surface area (Å²) in [4.78, 5) is 60.7. The highest BCUT2D eigenvalue weighted by atomic mass is 31.3. The molecule has 0 saturated carbocycles. The first-order valence-electron chi connectivity index (χ1n) is 11.9. The number of aromatic nitrogens is 4. The predicted octanol–water partition coefficient (Wildman–Crippen LogP) is 0.354. The Morgan fingerprint density at radius 2 is 1.57 bits per heavy atom. The Morgan fingerprint density at radius 3 is 2.21 bits per heavy atom. The minimum Gasteiger partial charge on any atom is -0.390 e. The van der Waals surface area contributed by atoms with Crippen LogP contribution < -0.4 is 17.0 Å². The standard InChI is InChI=1S/C16H30N6O16P4/c17-5-3-1-2-4-6-33-39(25,26)36-41(29,30)38-42(31,32)37-40(27,28)34-8-11-10(23)7-12(35-11)22-9-19-13-14(22)20-16(18)21-15(13)24/h9-12,23H,1-8,17H2,(H,25,26)(H,27,28)(H,29,30)(H,31,32)(H3,18,20,21,24)/t10?,11-,12-/m1/s1. The molecule has 1 aliphatic rings. The van der Waals surface area contributed by atoms with E-state index in [4.69, 9.17) is 16.2 Å². The van der Waals surface area contributed by atoms with E-state index in [1.807, 2.05) is 0 Å². The molecule has 1 aliphatic heterocycles. The molecule has 42 heavy (non-hydrogen) atoms. The maximum atomic E-state index is 12.2. The zero-order valence-corrected chi connectivity index (χ0v) is 25.1. The number of aliphatic hydroxyl groups excluding tert-OH is 1. The van der Waals surface area contributed by atoms with Crippen molar-refractivity contribution in [3.8, 4) is 0 Å². The van der Waals surface area contributed by atoms with Crippen molar-refractivity contribution in [2.75, 3.05) is 25.5 Å². The lowest BCUT2D eigenvalue weighted by atomic mass is 10.2. The van der Waals surface area contributed by atoms with Gasteiger partial charge in [-0.25, -0.2) is 23.2 Å². The van der Waals surface area contributed by atoms with Gasteiger partial charge in [-0.3, -0.25) is 23.4 Å². The molecule has 3 rings (SSSR count). The number of hydrogen-bond acceptors (Lipinski definition) is 16. The van der Waals surface area contributed by atoms with Gasteiger partial charge in [0.1, 0.15) is 12.3 Å². The van der Waals surface area contributed by atoms with Gasteiger partial charge in [-0.15, -0.1) is 0 Å². The Morgan fingerprint density at radius 1 is 0.976 bits per heavy atom. The van der Waals surface area contributed by atoms with E-state index in [9.17, 15) is 47.7 Å². The number of phosphoric ester groups is 2. The number of nitrogens with zero attached hydrogens (tertiary/aromatic N) is 3. The number of rotatable bonds is 17. The normalized spacial score (nSPS) is 25.0. The summed E-state index contributed by atoms with van der Waals surface area (Å²) in [7, 11) is -22.7. The van der Waals surface area contributed by atoms with Crippen molar-refractivity contribution >= 4 is 48.4 Å². The first-order chi connectivity index (χ1) is 19.4. The highest BCUT2D eigenvalue weighted by molar-refractivity contribution is 7.69. The summed E-state index contributed by atoms with van der Waals surface area (Å²) in [5, 5.41) is 10.3. The van der Waals surface area contributed by atoms with Gasteiger partial charge in [0.05, 0.1) is 25.6 Å². The van der Waals surface area contributed by atoms with Crippen LogP contribution in [-0.4, -0.2) is 76.2 Å². The fourth-order valence-corrected chi connectivity index (χ4v) is 8.58. The Bertz CT molecular complexity index is 1480. The van der Waals surface area contributed by atoms with Gasteiger partial charge in [0, 0.05) is 6.42 Å². The van der Waals surface area contributed by atoms with E-state index in [0.717, 1.165) is 0 Å². The van der Waals surface area contributed by atoms with Gasteiger partial charge < -0.3 is 40.9 Å². The van der Waals surface area contributed by atoms with E-state index in [-0.39, 0.29) is 36.6 Å². The quantitative estimate of drug-likeness (QED) is 0.0822. The van der Waals surface area contributed by atoms with Gasteiger partial charge in [0.25, 0.3) is 5.56 Å². The zero-order valence-electron chi connectivity index (χ0n) is 21.5. The molecule has 22 nitrogen and oxygen atoms in total. The highest BCUT2D eigenvalue weighted by Gasteiger charge is 2.46. The number of aromatic amines is 1. The topological polar surface area (TPSA) is 340 Å². The molecule has 3 heterocycles. The van der Waals surface area contributed by atoms with Crippen LogP contribution in [0, 0.1) is 0 Å². The number of phosphoric acid groups is 4. The fourth-order valence-electron chi connectivity index (χ4n) is 3.61. The summed E-state index contributed by atoms with van der Waals surface area (Å²) in [5.74, 6) is -0.220. The lowest BCUT2D eigenvalue weighted by molar-refractivity contribution is -0.0423. The van der Waals surface area contributed by atoms with Gasteiger partial charge in [-0.05, 0) is 19.4 Å². The lowest BCUT2D eigenvalue weighted by Gasteiger charge is -2.21. The summed E-state index contributed by atoms with van der Waals surface area (Å²) < 4.78 is 75.5. The number of H-pyrrole nitrogens is 1. The number of hydrogen-bond donors (Lipinski definition) is 8. The van der Waals surface area contributed by atoms with Crippen LogP contribution >= 0.6 is 31.3 Å². The summed E-state index contributed by atoms with van der Waals surface area (Å²) in [6.07, 6.45) is -0.450. The fraction of sp³-hybridized carbons (Fsp3) is 0.688. The maximum Gasteiger partial charge on any atom is 0.490 e. The number of nitrogens with two attached hydrogens (primary N) is 2. The van der Waals surface area contributed by atoms with Crippen molar-refractivity contribution in [1.29, 1.82) is 0 Å². The van der Waals surface area contributed by atoms with Crippen LogP contribution in [0.15, 0.2) is 11.1 Å². The first kappa shape index (κ1) is 35.1. The largest absolute Gasteiger partial charge is 0.490 e. The van der Waals surface area contributed by atoms with Gasteiger partial charge in [-0.2, -0.15) is 17.9 Å². The molecule has 0 bridgehead atoms. The number of imidazole rings is 1. The van der Waals surface area contributed by atoms with Crippen molar-refractivity contribution in [3.05, 3.63) is 16.7 Å². The summed E-state index contributed by atoms with van der Waals surface area (Å²) in [6, 6.07) is 0. The Kier molecular flexibility index (Phi) is 11.8. The monoisotopic (exact) mass is 686 g/mol. The molecule has 0 spiro atoms. The number of unbranched alkanes of at least 4 members (excludes halogenated alkanes) is 3. The van der Waals surface area contributed by atoms with Crippen molar-refractivity contribution in [2.24, 2.45) is 5.73 Å². The number of anilines is 1. The van der Waals surface area contributed by atoms with Gasteiger partial charge in [0.15, 0.2) is 11.2 Å². The second-order valence-corrected chi connectivity index (χ2v) is 14.9. The van der Waals surface area contributed by atoms with Gasteiger partial charge >= 0.3 is 31.3 Å². The molecule has 0 amide bonds. The van der Waals surface area contributed by atoms with Crippen LogP contribution in [0.3, 0.4) is 0 Å². The maximum absolute atomic E-state index is 12.2. The molecule has 0 aromatic carbocycles. The van der Waals surface area contributed by atoms with Crippen LogP contribution in [0.2, 0.25) is 0 Å². The third-order valence-electron chi connectivity index (χ3n) is 5.34. The molecule has 7 atom stereocenters. The van der Waals surface area contributed by atoms with E-state index in [2.05, 4.69) is 36.9 Å².